The van der Waals surface area contributed by atoms with Gasteiger partial charge in [0.25, 0.3) is 0 Å². The molecular weight excluding hydrogens is 1330 g/mol. The highest BCUT2D eigenvalue weighted by molar-refractivity contribution is 7.26. The maximum Gasteiger partial charge on any atom is 0.137 e. The molecule has 0 aliphatic heterocycles. The van der Waals surface area contributed by atoms with Crippen LogP contribution in [0.4, 0.5) is 34.1 Å². The molecule has 0 bridgehead atoms. The Morgan fingerprint density at radius 1 is 0.231 bits per heavy atom. The zero-order chi connectivity index (χ0) is 71.0. The average molecular weight is 1400 g/mol. The Morgan fingerprint density at radius 2 is 0.694 bits per heavy atom. The summed E-state index contributed by atoms with van der Waals surface area (Å²) >= 11 is 1.87. The number of rotatable bonds is 10. The molecular formula is C102H64N2O3S. The number of fused-ring (bicyclic) bond motifs is 20. The van der Waals surface area contributed by atoms with Crippen LogP contribution in [0.5, 0.6) is 0 Å². The molecule has 17 aromatic carbocycles. The fraction of sp³-hybridized carbons (Fsp3) is 0.0196. The minimum atomic E-state index is -0.549. The van der Waals surface area contributed by atoms with Gasteiger partial charge in [0.2, 0.25) is 0 Å². The first kappa shape index (κ1) is 61.7. The van der Waals surface area contributed by atoms with Crippen LogP contribution < -0.4 is 9.80 Å². The lowest BCUT2D eigenvalue weighted by Gasteiger charge is -2.34. The van der Waals surface area contributed by atoms with Crippen LogP contribution in [0.1, 0.15) is 44.5 Å². The van der Waals surface area contributed by atoms with Gasteiger partial charge in [-0.15, -0.1) is 11.3 Å². The van der Waals surface area contributed by atoms with Crippen molar-refractivity contribution in [2.24, 2.45) is 0 Å². The SMILES string of the molecule is c1ccc(N(c2ccc3c(c2)oc2ccccc23)c2ccc3oc4cccc(C5(c6ccccc6)c6ccccc6-c6ccccc65)c4c3c2)cc1.c1ccc(N(c2ccc3c(c2)oc2ccccc23)c2cccc3c2sc2ccc(C4(c5ccccc5)c5ccccc5-c5c4ccc4ccccc54)cc23)cc1. The Kier molecular flexibility index (Phi) is 13.9. The summed E-state index contributed by atoms with van der Waals surface area (Å²) in [6, 6.07) is 140. The number of hydrogen-bond acceptors (Lipinski definition) is 6. The predicted octanol–water partition coefficient (Wildman–Crippen LogP) is 28.3. The van der Waals surface area contributed by atoms with E-state index in [0.29, 0.717) is 0 Å². The summed E-state index contributed by atoms with van der Waals surface area (Å²) in [4.78, 5) is 4.69. The fourth-order valence-electron chi connectivity index (χ4n) is 18.4. The molecule has 21 aromatic rings. The van der Waals surface area contributed by atoms with Gasteiger partial charge in [0.15, 0.2) is 0 Å². The molecule has 1 atom stereocenters. The largest absolute Gasteiger partial charge is 0.456 e. The van der Waals surface area contributed by atoms with Gasteiger partial charge in [0, 0.05) is 88.4 Å². The molecule has 1 unspecified atom stereocenters. The minimum Gasteiger partial charge on any atom is -0.456 e. The second-order valence-electron chi connectivity index (χ2n) is 28.4. The summed E-state index contributed by atoms with van der Waals surface area (Å²) < 4.78 is 22.0. The summed E-state index contributed by atoms with van der Waals surface area (Å²) in [6.45, 7) is 0. The molecule has 0 saturated carbocycles. The monoisotopic (exact) mass is 1400 g/mol. The van der Waals surface area contributed by atoms with Crippen molar-refractivity contribution in [2.75, 3.05) is 9.80 Å². The molecule has 0 amide bonds. The molecule has 5 nitrogen and oxygen atoms in total. The molecule has 4 aromatic heterocycles. The van der Waals surface area contributed by atoms with Crippen LogP contribution in [0.2, 0.25) is 0 Å². The fourth-order valence-corrected chi connectivity index (χ4v) is 19.6. The molecule has 6 heteroatoms. The maximum atomic E-state index is 6.71. The highest BCUT2D eigenvalue weighted by Crippen LogP contribution is 2.61. The van der Waals surface area contributed by atoms with E-state index in [0.717, 1.165) is 99.9 Å². The molecule has 108 heavy (non-hydrogen) atoms. The molecule has 2 aliphatic rings. The van der Waals surface area contributed by atoms with E-state index in [4.69, 9.17) is 13.3 Å². The Labute approximate surface area is 626 Å². The van der Waals surface area contributed by atoms with Gasteiger partial charge in [-0.25, -0.2) is 0 Å². The van der Waals surface area contributed by atoms with Gasteiger partial charge in [-0.1, -0.05) is 273 Å². The van der Waals surface area contributed by atoms with E-state index in [2.05, 4.69) is 374 Å². The van der Waals surface area contributed by atoms with Crippen molar-refractivity contribution >= 4 is 142 Å². The highest BCUT2D eigenvalue weighted by atomic mass is 32.1. The zero-order valence-electron chi connectivity index (χ0n) is 58.5. The molecule has 0 radical (unpaired) electrons. The van der Waals surface area contributed by atoms with Crippen LogP contribution in [-0.2, 0) is 10.8 Å². The third-order valence-corrected chi connectivity index (χ3v) is 24.1. The predicted molar refractivity (Wildman–Crippen MR) is 449 cm³/mol. The van der Waals surface area contributed by atoms with Gasteiger partial charge in [-0.2, -0.15) is 0 Å². The van der Waals surface area contributed by atoms with E-state index in [1.165, 1.54) is 97.7 Å². The Hall–Kier alpha value is -13.8. The van der Waals surface area contributed by atoms with Gasteiger partial charge in [0.1, 0.15) is 33.5 Å². The second-order valence-corrected chi connectivity index (χ2v) is 29.5. The number of thiophene rings is 1. The highest BCUT2D eigenvalue weighted by Gasteiger charge is 2.49. The van der Waals surface area contributed by atoms with Crippen LogP contribution in [0.25, 0.3) is 119 Å². The molecule has 0 spiro atoms. The van der Waals surface area contributed by atoms with Crippen LogP contribution in [-0.4, -0.2) is 0 Å². The molecule has 0 fully saturated rings. The molecule has 506 valence electrons. The smallest absolute Gasteiger partial charge is 0.137 e. The normalized spacial score (nSPS) is 14.0. The van der Waals surface area contributed by atoms with E-state index in [1.54, 1.807) is 0 Å². The second kappa shape index (κ2) is 24.4. The third kappa shape index (κ3) is 9.17. The van der Waals surface area contributed by atoms with E-state index in [9.17, 15) is 0 Å². The van der Waals surface area contributed by atoms with Crippen molar-refractivity contribution in [1.82, 2.24) is 0 Å². The van der Waals surface area contributed by atoms with Crippen molar-refractivity contribution in [3.05, 3.63) is 433 Å². The van der Waals surface area contributed by atoms with Gasteiger partial charge in [-0.3, -0.25) is 0 Å². The minimum absolute atomic E-state index is 0.491. The Bertz CT molecular complexity index is 7110. The summed E-state index contributed by atoms with van der Waals surface area (Å²) in [7, 11) is 0. The van der Waals surface area contributed by atoms with Gasteiger partial charge < -0.3 is 23.1 Å². The lowest BCUT2D eigenvalue weighted by Crippen LogP contribution is -2.28. The van der Waals surface area contributed by atoms with Gasteiger partial charge in [-0.05, 0) is 181 Å². The summed E-state index contributed by atoms with van der Waals surface area (Å²) in [5, 5.41) is 11.8. The van der Waals surface area contributed by atoms with E-state index >= 15 is 0 Å². The van der Waals surface area contributed by atoms with Gasteiger partial charge in [0.05, 0.1) is 21.2 Å². The first-order valence-electron chi connectivity index (χ1n) is 36.9. The van der Waals surface area contributed by atoms with Crippen LogP contribution in [0.3, 0.4) is 0 Å². The Balaban J connectivity index is 0.000000134. The van der Waals surface area contributed by atoms with Crippen LogP contribution in [0.15, 0.2) is 401 Å². The molecule has 0 N–H and O–H groups in total. The summed E-state index contributed by atoms with van der Waals surface area (Å²) in [6.07, 6.45) is 0. The van der Waals surface area contributed by atoms with Gasteiger partial charge >= 0.3 is 0 Å². The average Bonchev–Trinajstić information content (AvgIpc) is 1.53. The van der Waals surface area contributed by atoms with Crippen molar-refractivity contribution < 1.29 is 13.3 Å². The molecule has 2 aliphatic carbocycles. The van der Waals surface area contributed by atoms with Crippen molar-refractivity contribution in [3.63, 3.8) is 0 Å². The quantitative estimate of drug-likeness (QED) is 0.137. The first-order chi connectivity index (χ1) is 53.6. The number of benzene rings is 17. The standard InChI is InChI=1S/C53H33NOS.C49H31NO2/c1-3-15-35(16-4-1)53(45-23-11-9-21-43(45)51-39-19-8-7-14-34(39)26-30-46(51)53)36-27-31-50-44(32-36)42-22-13-24-47(52(42)56-50)54(37-17-5-2-6-18-37)38-28-29-41-40-20-10-12-25-48(40)55-49(41)33-38;1-3-14-32(15-4-1)49(41-21-10-7-18-36(41)37-19-8-11-22-42(37)49)43-23-13-25-46-48(43)40-30-34(27-29-45(40)51-46)50(33-16-5-2-6-17-33)35-26-28-39-38-20-9-12-24-44(38)52-47(39)31-35/h1-33H;1-31H. The van der Waals surface area contributed by atoms with Crippen molar-refractivity contribution in [3.8, 4) is 22.3 Å². The van der Waals surface area contributed by atoms with E-state index < -0.39 is 10.8 Å². The number of anilines is 6. The Morgan fingerprint density at radius 3 is 1.35 bits per heavy atom. The molecule has 0 saturated heterocycles. The van der Waals surface area contributed by atoms with E-state index in [-0.39, 0.29) is 0 Å². The van der Waals surface area contributed by atoms with Crippen LogP contribution >= 0.6 is 11.3 Å². The maximum absolute atomic E-state index is 6.71. The molecule has 23 rings (SSSR count). The number of para-hydroxylation sites is 4. The van der Waals surface area contributed by atoms with Crippen molar-refractivity contribution in [2.45, 2.75) is 10.8 Å². The van der Waals surface area contributed by atoms with Crippen molar-refractivity contribution in [1.29, 1.82) is 0 Å². The lowest BCUT2D eigenvalue weighted by molar-refractivity contribution is 0.667. The third-order valence-electron chi connectivity index (χ3n) is 22.9. The molecule has 4 heterocycles. The summed E-state index contributed by atoms with van der Waals surface area (Å²) in [5.41, 5.74) is 26.0. The zero-order valence-corrected chi connectivity index (χ0v) is 59.3. The number of hydrogen-bond donors (Lipinski definition) is 0. The number of nitrogens with zero attached hydrogens (tertiary/aromatic N) is 2. The lowest BCUT2D eigenvalue weighted by atomic mass is 9.66. The van der Waals surface area contributed by atoms with Crippen LogP contribution in [0, 0.1) is 0 Å². The van der Waals surface area contributed by atoms with E-state index in [1.807, 2.05) is 35.6 Å². The topological polar surface area (TPSA) is 45.9 Å². The first-order valence-corrected chi connectivity index (χ1v) is 37.7. The summed E-state index contributed by atoms with van der Waals surface area (Å²) in [5.74, 6) is 0. The number of furan rings is 3.